The lowest BCUT2D eigenvalue weighted by atomic mass is 10.1. The van der Waals surface area contributed by atoms with Crippen molar-refractivity contribution < 1.29 is 9.53 Å². The Hall–Kier alpha value is -0.610. The van der Waals surface area contributed by atoms with Gasteiger partial charge in [0.25, 0.3) is 0 Å². The SMILES string of the molecule is CC(C)OCCCNC(=O)C1CCCCCN1. The summed E-state index contributed by atoms with van der Waals surface area (Å²) in [5.41, 5.74) is 0. The van der Waals surface area contributed by atoms with E-state index in [9.17, 15) is 4.79 Å². The monoisotopic (exact) mass is 242 g/mol. The summed E-state index contributed by atoms with van der Waals surface area (Å²) in [6.07, 6.45) is 5.70. The van der Waals surface area contributed by atoms with Gasteiger partial charge in [-0.25, -0.2) is 0 Å². The molecule has 1 fully saturated rings. The second-order valence-corrected chi connectivity index (χ2v) is 4.92. The van der Waals surface area contributed by atoms with Gasteiger partial charge in [0.1, 0.15) is 0 Å². The minimum absolute atomic E-state index is 0.0171. The van der Waals surface area contributed by atoms with Gasteiger partial charge in [-0.1, -0.05) is 12.8 Å². The van der Waals surface area contributed by atoms with E-state index in [0.29, 0.717) is 6.54 Å². The van der Waals surface area contributed by atoms with Crippen LogP contribution in [0.1, 0.15) is 46.0 Å². The molecule has 1 saturated heterocycles. The summed E-state index contributed by atoms with van der Waals surface area (Å²) in [5.74, 6) is 0.149. The van der Waals surface area contributed by atoms with Gasteiger partial charge in [0, 0.05) is 13.2 Å². The number of carbonyl (C=O) groups excluding carboxylic acids is 1. The summed E-state index contributed by atoms with van der Waals surface area (Å²) in [5, 5.41) is 6.27. The minimum Gasteiger partial charge on any atom is -0.379 e. The fourth-order valence-corrected chi connectivity index (χ4v) is 1.98. The molecule has 0 aromatic rings. The van der Waals surface area contributed by atoms with Crippen LogP contribution in [0.5, 0.6) is 0 Å². The van der Waals surface area contributed by atoms with Gasteiger partial charge in [-0.05, 0) is 39.7 Å². The zero-order valence-electron chi connectivity index (χ0n) is 11.1. The van der Waals surface area contributed by atoms with E-state index < -0.39 is 0 Å². The lowest BCUT2D eigenvalue weighted by Crippen LogP contribution is -2.44. The van der Waals surface area contributed by atoms with Crippen LogP contribution in [0.15, 0.2) is 0 Å². The molecular formula is C13H26N2O2. The van der Waals surface area contributed by atoms with Crippen molar-refractivity contribution in [2.45, 2.75) is 58.1 Å². The number of hydrogen-bond acceptors (Lipinski definition) is 3. The Morgan fingerprint density at radius 2 is 2.24 bits per heavy atom. The molecule has 0 bridgehead atoms. The number of carbonyl (C=O) groups is 1. The molecule has 1 rings (SSSR count). The molecule has 0 spiro atoms. The lowest BCUT2D eigenvalue weighted by molar-refractivity contribution is -0.123. The molecule has 1 unspecified atom stereocenters. The van der Waals surface area contributed by atoms with Crippen molar-refractivity contribution in [3.05, 3.63) is 0 Å². The van der Waals surface area contributed by atoms with Gasteiger partial charge in [-0.2, -0.15) is 0 Å². The first kappa shape index (κ1) is 14.5. The Balaban J connectivity index is 2.07. The van der Waals surface area contributed by atoms with Crippen LogP contribution in [-0.2, 0) is 9.53 Å². The van der Waals surface area contributed by atoms with Crippen molar-refractivity contribution in [2.24, 2.45) is 0 Å². The number of amides is 1. The molecule has 4 heteroatoms. The molecule has 1 heterocycles. The van der Waals surface area contributed by atoms with E-state index in [4.69, 9.17) is 4.74 Å². The Kier molecular flexibility index (Phi) is 7.21. The molecule has 17 heavy (non-hydrogen) atoms. The molecule has 0 aromatic heterocycles. The van der Waals surface area contributed by atoms with Crippen molar-refractivity contribution in [2.75, 3.05) is 19.7 Å². The molecule has 0 aromatic carbocycles. The highest BCUT2D eigenvalue weighted by molar-refractivity contribution is 5.81. The second kappa shape index (κ2) is 8.48. The Bertz CT molecular complexity index is 211. The van der Waals surface area contributed by atoms with Crippen LogP contribution in [0, 0.1) is 0 Å². The summed E-state index contributed by atoms with van der Waals surface area (Å²) in [4.78, 5) is 11.8. The summed E-state index contributed by atoms with van der Waals surface area (Å²) >= 11 is 0. The first-order valence-corrected chi connectivity index (χ1v) is 6.83. The maximum Gasteiger partial charge on any atom is 0.237 e. The third-order valence-electron chi connectivity index (χ3n) is 2.95. The predicted octanol–water partition coefficient (Wildman–Crippen LogP) is 1.45. The number of hydrogen-bond donors (Lipinski definition) is 2. The van der Waals surface area contributed by atoms with Crippen molar-refractivity contribution in [1.29, 1.82) is 0 Å². The fraction of sp³-hybridized carbons (Fsp3) is 0.923. The third-order valence-corrected chi connectivity index (χ3v) is 2.95. The highest BCUT2D eigenvalue weighted by Crippen LogP contribution is 2.08. The van der Waals surface area contributed by atoms with E-state index >= 15 is 0 Å². The van der Waals surface area contributed by atoms with E-state index in [2.05, 4.69) is 10.6 Å². The molecule has 0 radical (unpaired) electrons. The Morgan fingerprint density at radius 1 is 1.41 bits per heavy atom. The summed E-state index contributed by atoms with van der Waals surface area (Å²) in [7, 11) is 0. The van der Waals surface area contributed by atoms with Crippen LogP contribution in [0.25, 0.3) is 0 Å². The van der Waals surface area contributed by atoms with E-state index in [1.807, 2.05) is 13.8 Å². The summed E-state index contributed by atoms with van der Waals surface area (Å²) < 4.78 is 5.42. The molecule has 1 atom stereocenters. The molecule has 2 N–H and O–H groups in total. The molecule has 100 valence electrons. The first-order valence-electron chi connectivity index (χ1n) is 6.83. The van der Waals surface area contributed by atoms with E-state index in [1.54, 1.807) is 0 Å². The smallest absolute Gasteiger partial charge is 0.237 e. The van der Waals surface area contributed by atoms with Gasteiger partial charge < -0.3 is 15.4 Å². The van der Waals surface area contributed by atoms with Crippen LogP contribution in [0.4, 0.5) is 0 Å². The van der Waals surface area contributed by atoms with Crippen molar-refractivity contribution in [3.63, 3.8) is 0 Å². The van der Waals surface area contributed by atoms with Crippen LogP contribution in [0.2, 0.25) is 0 Å². The van der Waals surface area contributed by atoms with Crippen molar-refractivity contribution >= 4 is 5.91 Å². The fourth-order valence-electron chi connectivity index (χ4n) is 1.98. The van der Waals surface area contributed by atoms with Gasteiger partial charge >= 0.3 is 0 Å². The predicted molar refractivity (Wildman–Crippen MR) is 69.0 cm³/mol. The minimum atomic E-state index is 0.0171. The van der Waals surface area contributed by atoms with Crippen LogP contribution in [0.3, 0.4) is 0 Å². The molecule has 1 aliphatic rings. The lowest BCUT2D eigenvalue weighted by Gasteiger charge is -2.15. The number of rotatable bonds is 6. The van der Waals surface area contributed by atoms with Gasteiger partial charge in [-0.3, -0.25) is 4.79 Å². The van der Waals surface area contributed by atoms with Gasteiger partial charge in [-0.15, -0.1) is 0 Å². The number of nitrogens with one attached hydrogen (secondary N) is 2. The zero-order chi connectivity index (χ0) is 12.5. The molecule has 4 nitrogen and oxygen atoms in total. The Morgan fingerprint density at radius 3 is 3.00 bits per heavy atom. The quantitative estimate of drug-likeness (QED) is 0.693. The van der Waals surface area contributed by atoms with Crippen molar-refractivity contribution in [1.82, 2.24) is 10.6 Å². The van der Waals surface area contributed by atoms with E-state index in [1.165, 1.54) is 12.8 Å². The largest absolute Gasteiger partial charge is 0.379 e. The van der Waals surface area contributed by atoms with E-state index in [0.717, 1.165) is 32.4 Å². The zero-order valence-corrected chi connectivity index (χ0v) is 11.1. The Labute approximate surface area is 104 Å². The molecule has 1 amide bonds. The highest BCUT2D eigenvalue weighted by Gasteiger charge is 2.18. The molecule has 1 aliphatic heterocycles. The molecule has 0 saturated carbocycles. The maximum atomic E-state index is 11.8. The average Bonchev–Trinajstić information content (AvgIpc) is 2.56. The second-order valence-electron chi connectivity index (χ2n) is 4.92. The van der Waals surface area contributed by atoms with Crippen molar-refractivity contribution in [3.8, 4) is 0 Å². The summed E-state index contributed by atoms with van der Waals surface area (Å²) in [6, 6.07) is 0.0171. The van der Waals surface area contributed by atoms with Gasteiger partial charge in [0.15, 0.2) is 0 Å². The van der Waals surface area contributed by atoms with Crippen LogP contribution < -0.4 is 10.6 Å². The van der Waals surface area contributed by atoms with E-state index in [-0.39, 0.29) is 18.1 Å². The molecule has 0 aliphatic carbocycles. The normalized spacial score (nSPS) is 21.2. The van der Waals surface area contributed by atoms with Crippen LogP contribution >= 0.6 is 0 Å². The third kappa shape index (κ3) is 6.64. The number of ether oxygens (including phenoxy) is 1. The summed E-state index contributed by atoms with van der Waals surface area (Å²) in [6.45, 7) is 6.44. The first-order chi connectivity index (χ1) is 8.20. The standard InChI is InChI=1S/C13H26N2O2/c1-11(2)17-10-6-9-15-13(16)12-7-4-3-5-8-14-12/h11-12,14H,3-10H2,1-2H3,(H,15,16). The average molecular weight is 242 g/mol. The van der Waals surface area contributed by atoms with Gasteiger partial charge in [0.2, 0.25) is 5.91 Å². The highest BCUT2D eigenvalue weighted by atomic mass is 16.5. The topological polar surface area (TPSA) is 50.4 Å². The molecular weight excluding hydrogens is 216 g/mol. The van der Waals surface area contributed by atoms with Gasteiger partial charge in [0.05, 0.1) is 12.1 Å². The van der Waals surface area contributed by atoms with Crippen LogP contribution in [-0.4, -0.2) is 37.7 Å². The maximum absolute atomic E-state index is 11.8.